The minimum absolute atomic E-state index is 0.0160. The van der Waals surface area contributed by atoms with Crippen LogP contribution in [-0.4, -0.2) is 5.84 Å². The quantitative estimate of drug-likeness (QED) is 0.492. The third-order valence-corrected chi connectivity index (χ3v) is 1.52. The number of nitrogen functional groups attached to an aromatic ring is 1. The second-order valence-corrected chi connectivity index (χ2v) is 2.45. The van der Waals surface area contributed by atoms with Gasteiger partial charge in [0.05, 0.1) is 5.02 Å². The van der Waals surface area contributed by atoms with Gasteiger partial charge in [-0.05, 0) is 18.2 Å². The molecular weight excluding hydrogens is 167 g/mol. The first-order valence-electron chi connectivity index (χ1n) is 2.90. The van der Waals surface area contributed by atoms with E-state index in [9.17, 15) is 4.39 Å². The predicted octanol–water partition coefficient (Wildman–Crippen LogP) is 1.76. The van der Waals surface area contributed by atoms with Gasteiger partial charge in [-0.25, -0.2) is 4.39 Å². The molecule has 1 aromatic rings. The Morgan fingerprint density at radius 1 is 1.55 bits per heavy atom. The lowest BCUT2D eigenvalue weighted by molar-refractivity contribution is 0.628. The number of benzene rings is 1. The van der Waals surface area contributed by atoms with E-state index >= 15 is 0 Å². The molecule has 0 heterocycles. The van der Waals surface area contributed by atoms with Crippen LogP contribution in [0.25, 0.3) is 0 Å². The molecule has 0 saturated carbocycles. The lowest BCUT2D eigenvalue weighted by Crippen LogP contribution is -2.10. The van der Waals surface area contributed by atoms with E-state index in [0.717, 1.165) is 0 Å². The van der Waals surface area contributed by atoms with Gasteiger partial charge in [-0.15, -0.1) is 0 Å². The predicted molar refractivity (Wildman–Crippen MR) is 42.4 cm³/mol. The summed E-state index contributed by atoms with van der Waals surface area (Å²) in [6.45, 7) is 0. The minimum atomic E-state index is -0.503. The second-order valence-electron chi connectivity index (χ2n) is 2.04. The molecule has 0 aliphatic rings. The molecule has 0 atom stereocenters. The van der Waals surface area contributed by atoms with Gasteiger partial charge in [0.25, 0.3) is 0 Å². The molecule has 0 unspecified atom stereocenters. The van der Waals surface area contributed by atoms with Gasteiger partial charge in [-0.2, -0.15) is 0 Å². The highest BCUT2D eigenvalue weighted by Crippen LogP contribution is 2.15. The summed E-state index contributed by atoms with van der Waals surface area (Å²) < 4.78 is 12.5. The number of hydrogen-bond acceptors (Lipinski definition) is 1. The largest absolute Gasteiger partial charge is 0.384 e. The third-order valence-electron chi connectivity index (χ3n) is 1.23. The monoisotopic (exact) mass is 172 g/mol. The van der Waals surface area contributed by atoms with Gasteiger partial charge in [0, 0.05) is 5.56 Å². The van der Waals surface area contributed by atoms with E-state index in [-0.39, 0.29) is 10.9 Å². The Hall–Kier alpha value is -1.09. The van der Waals surface area contributed by atoms with Crippen molar-refractivity contribution in [2.45, 2.75) is 0 Å². The molecule has 11 heavy (non-hydrogen) atoms. The highest BCUT2D eigenvalue weighted by molar-refractivity contribution is 6.31. The third kappa shape index (κ3) is 1.68. The molecule has 0 aliphatic carbocycles. The molecule has 0 bridgehead atoms. The number of hydrogen-bond donors (Lipinski definition) is 2. The fourth-order valence-corrected chi connectivity index (χ4v) is 0.844. The first kappa shape index (κ1) is 8.01. The van der Waals surface area contributed by atoms with E-state index < -0.39 is 5.82 Å². The second kappa shape index (κ2) is 2.88. The van der Waals surface area contributed by atoms with Gasteiger partial charge >= 0.3 is 0 Å². The van der Waals surface area contributed by atoms with Crippen LogP contribution >= 0.6 is 11.6 Å². The van der Waals surface area contributed by atoms with Crippen LogP contribution < -0.4 is 5.73 Å². The summed E-state index contributed by atoms with van der Waals surface area (Å²) in [7, 11) is 0. The molecule has 1 rings (SSSR count). The molecule has 0 spiro atoms. The fourth-order valence-electron chi connectivity index (χ4n) is 0.664. The molecule has 1 aromatic carbocycles. The zero-order valence-corrected chi connectivity index (χ0v) is 6.32. The van der Waals surface area contributed by atoms with Crippen LogP contribution in [0, 0.1) is 11.2 Å². The van der Waals surface area contributed by atoms with Crippen LogP contribution in [-0.2, 0) is 0 Å². The maximum Gasteiger partial charge on any atom is 0.141 e. The first-order chi connectivity index (χ1) is 5.11. The summed E-state index contributed by atoms with van der Waals surface area (Å²) in [4.78, 5) is 0. The Morgan fingerprint density at radius 2 is 2.18 bits per heavy atom. The Bertz CT molecular complexity index is 298. The molecular formula is C7H6ClFN2. The van der Waals surface area contributed by atoms with E-state index in [1.165, 1.54) is 18.2 Å². The van der Waals surface area contributed by atoms with Crippen molar-refractivity contribution < 1.29 is 4.39 Å². The number of nitrogens with two attached hydrogens (primary N) is 1. The van der Waals surface area contributed by atoms with Crippen molar-refractivity contribution in [2.75, 3.05) is 0 Å². The number of rotatable bonds is 1. The van der Waals surface area contributed by atoms with Crippen LogP contribution in [0.3, 0.4) is 0 Å². The number of nitrogens with one attached hydrogen (secondary N) is 1. The lowest BCUT2D eigenvalue weighted by Gasteiger charge is -1.98. The van der Waals surface area contributed by atoms with Crippen molar-refractivity contribution in [3.63, 3.8) is 0 Å². The Labute approximate surface area is 68.3 Å². The van der Waals surface area contributed by atoms with Crippen molar-refractivity contribution >= 4 is 17.4 Å². The number of halogens is 2. The molecule has 0 amide bonds. The Kier molecular flexibility index (Phi) is 2.10. The van der Waals surface area contributed by atoms with Gasteiger partial charge < -0.3 is 5.73 Å². The maximum absolute atomic E-state index is 12.5. The van der Waals surface area contributed by atoms with Crippen molar-refractivity contribution in [2.24, 2.45) is 5.73 Å². The molecule has 58 valence electrons. The summed E-state index contributed by atoms with van der Waals surface area (Å²) in [5.41, 5.74) is 5.56. The molecule has 0 aromatic heterocycles. The maximum atomic E-state index is 12.5. The van der Waals surface area contributed by atoms with Crippen molar-refractivity contribution in [3.8, 4) is 0 Å². The average molecular weight is 173 g/mol. The summed E-state index contributed by atoms with van der Waals surface area (Å²) in [5, 5.41) is 6.98. The van der Waals surface area contributed by atoms with Crippen LogP contribution in [0.15, 0.2) is 18.2 Å². The van der Waals surface area contributed by atoms with Crippen molar-refractivity contribution in [3.05, 3.63) is 34.6 Å². The fraction of sp³-hybridized carbons (Fsp3) is 0. The van der Waals surface area contributed by atoms with Crippen molar-refractivity contribution in [1.82, 2.24) is 0 Å². The van der Waals surface area contributed by atoms with E-state index in [1.807, 2.05) is 0 Å². The van der Waals surface area contributed by atoms with Crippen LogP contribution in [0.2, 0.25) is 5.02 Å². The zero-order chi connectivity index (χ0) is 8.43. The lowest BCUT2D eigenvalue weighted by atomic mass is 10.2. The van der Waals surface area contributed by atoms with Gasteiger partial charge in [-0.3, -0.25) is 5.41 Å². The van der Waals surface area contributed by atoms with E-state index in [0.29, 0.717) is 5.56 Å². The molecule has 0 radical (unpaired) electrons. The van der Waals surface area contributed by atoms with Gasteiger partial charge in [0.2, 0.25) is 0 Å². The zero-order valence-electron chi connectivity index (χ0n) is 5.57. The molecule has 4 heteroatoms. The molecule has 3 N–H and O–H groups in total. The highest BCUT2D eigenvalue weighted by atomic mass is 35.5. The Balaban J connectivity index is 3.15. The van der Waals surface area contributed by atoms with E-state index in [4.69, 9.17) is 22.7 Å². The topological polar surface area (TPSA) is 49.9 Å². The van der Waals surface area contributed by atoms with Crippen molar-refractivity contribution in [1.29, 1.82) is 5.41 Å². The smallest absolute Gasteiger partial charge is 0.141 e. The summed E-state index contributed by atoms with van der Waals surface area (Å²) in [5.74, 6) is -0.622. The molecule has 0 aliphatic heterocycles. The summed E-state index contributed by atoms with van der Waals surface area (Å²) in [6, 6.07) is 3.90. The molecule has 2 nitrogen and oxygen atoms in total. The minimum Gasteiger partial charge on any atom is -0.384 e. The normalized spacial score (nSPS) is 9.64. The average Bonchev–Trinajstić information content (AvgIpc) is 1.94. The first-order valence-corrected chi connectivity index (χ1v) is 3.28. The highest BCUT2D eigenvalue weighted by Gasteiger charge is 2.01. The number of amidine groups is 1. The molecule has 0 fully saturated rings. The Morgan fingerprint density at radius 3 is 2.64 bits per heavy atom. The standard InChI is InChI=1S/C7H6ClFN2/c8-5-3-4(7(10)11)1-2-6(5)9/h1-3H,(H3,10,11). The van der Waals surface area contributed by atoms with E-state index in [1.54, 1.807) is 0 Å². The van der Waals surface area contributed by atoms with Crippen LogP contribution in [0.1, 0.15) is 5.56 Å². The van der Waals surface area contributed by atoms with Gasteiger partial charge in [0.1, 0.15) is 11.7 Å². The van der Waals surface area contributed by atoms with Gasteiger partial charge in [0.15, 0.2) is 0 Å². The van der Waals surface area contributed by atoms with Crippen LogP contribution in [0.4, 0.5) is 4.39 Å². The van der Waals surface area contributed by atoms with Crippen LogP contribution in [0.5, 0.6) is 0 Å². The van der Waals surface area contributed by atoms with Gasteiger partial charge in [-0.1, -0.05) is 11.6 Å². The molecule has 0 saturated heterocycles. The summed E-state index contributed by atoms with van der Waals surface area (Å²) >= 11 is 5.43. The SMILES string of the molecule is N=C(N)c1ccc(F)c(Cl)c1. The van der Waals surface area contributed by atoms with E-state index in [2.05, 4.69) is 0 Å². The summed E-state index contributed by atoms with van der Waals surface area (Å²) in [6.07, 6.45) is 0.